The van der Waals surface area contributed by atoms with E-state index >= 15 is 0 Å². The molecule has 3 rings (SSSR count). The van der Waals surface area contributed by atoms with Gasteiger partial charge in [-0.1, -0.05) is 12.1 Å². The third-order valence-electron chi connectivity index (χ3n) is 3.21. The fraction of sp³-hybridized carbons (Fsp3) is 0.125. The summed E-state index contributed by atoms with van der Waals surface area (Å²) in [5, 5.41) is 7.67. The Labute approximate surface area is 134 Å². The topological polar surface area (TPSA) is 34.1 Å². The minimum atomic E-state index is -0.385. The molecule has 0 fully saturated rings. The van der Waals surface area contributed by atoms with Crippen LogP contribution in [0, 0.1) is 0 Å². The predicted octanol–water partition coefficient (Wildman–Crippen LogP) is 5.11. The van der Waals surface area contributed by atoms with Gasteiger partial charge in [0.15, 0.2) is 11.6 Å². The molecule has 0 aromatic carbocycles. The molecule has 0 saturated heterocycles. The molecule has 3 heterocycles. The highest BCUT2D eigenvalue weighted by molar-refractivity contribution is 7.12. The van der Waals surface area contributed by atoms with E-state index < -0.39 is 0 Å². The summed E-state index contributed by atoms with van der Waals surface area (Å²) >= 11 is 4.40. The molecule has 0 N–H and O–H groups in total. The second kappa shape index (κ2) is 6.47. The van der Waals surface area contributed by atoms with E-state index in [1.54, 1.807) is 11.3 Å². The summed E-state index contributed by atoms with van der Waals surface area (Å²) in [6.07, 6.45) is 0.230. The molecule has 1 atom stereocenters. The number of carbonyl (C=O) groups is 2. The second-order valence-electron chi connectivity index (χ2n) is 4.56. The van der Waals surface area contributed by atoms with E-state index in [1.807, 2.05) is 51.9 Å². The van der Waals surface area contributed by atoms with Crippen molar-refractivity contribution in [2.24, 2.45) is 0 Å². The van der Waals surface area contributed by atoms with Gasteiger partial charge in [0.2, 0.25) is 0 Å². The Kier molecular flexibility index (Phi) is 4.43. The first-order valence-electron chi connectivity index (χ1n) is 6.42. The van der Waals surface area contributed by atoms with E-state index in [4.69, 9.17) is 0 Å². The van der Waals surface area contributed by atoms with Gasteiger partial charge in [-0.15, -0.1) is 22.7 Å². The lowest BCUT2D eigenvalue weighted by atomic mass is 9.90. The van der Waals surface area contributed by atoms with Crippen LogP contribution in [-0.2, 0) is 0 Å². The SMILES string of the molecule is O=C(C[C@H](C(=O)c1cccs1)c1ccsc1)c1cccs1. The van der Waals surface area contributed by atoms with Crippen molar-refractivity contribution in [3.05, 3.63) is 67.2 Å². The Balaban J connectivity index is 1.87. The smallest absolute Gasteiger partial charge is 0.180 e. The number of carbonyl (C=O) groups excluding carboxylic acids is 2. The predicted molar refractivity (Wildman–Crippen MR) is 89.0 cm³/mol. The number of hydrogen-bond acceptors (Lipinski definition) is 5. The zero-order valence-electron chi connectivity index (χ0n) is 11.0. The van der Waals surface area contributed by atoms with Gasteiger partial charge in [-0.25, -0.2) is 0 Å². The third kappa shape index (κ3) is 3.20. The van der Waals surface area contributed by atoms with Gasteiger partial charge in [0.1, 0.15) is 0 Å². The van der Waals surface area contributed by atoms with E-state index in [9.17, 15) is 9.59 Å². The van der Waals surface area contributed by atoms with Gasteiger partial charge in [0.25, 0.3) is 0 Å². The maximum Gasteiger partial charge on any atom is 0.180 e. The average Bonchev–Trinajstić information content (AvgIpc) is 3.27. The number of rotatable bonds is 6. The van der Waals surface area contributed by atoms with Crippen LogP contribution < -0.4 is 0 Å². The van der Waals surface area contributed by atoms with Crippen molar-refractivity contribution in [1.29, 1.82) is 0 Å². The molecule has 0 aliphatic carbocycles. The summed E-state index contributed by atoms with van der Waals surface area (Å²) in [6.45, 7) is 0. The summed E-state index contributed by atoms with van der Waals surface area (Å²) in [7, 11) is 0. The second-order valence-corrected chi connectivity index (χ2v) is 7.23. The Bertz CT molecular complexity index is 710. The van der Waals surface area contributed by atoms with Gasteiger partial charge < -0.3 is 0 Å². The van der Waals surface area contributed by atoms with Crippen LogP contribution in [0.5, 0.6) is 0 Å². The molecule has 0 aliphatic heterocycles. The third-order valence-corrected chi connectivity index (χ3v) is 5.71. The van der Waals surface area contributed by atoms with Gasteiger partial charge in [0, 0.05) is 6.42 Å². The maximum atomic E-state index is 12.7. The summed E-state index contributed by atoms with van der Waals surface area (Å²) in [4.78, 5) is 26.5. The summed E-state index contributed by atoms with van der Waals surface area (Å²) < 4.78 is 0. The quantitative estimate of drug-likeness (QED) is 0.588. The van der Waals surface area contributed by atoms with E-state index in [0.717, 1.165) is 5.56 Å². The van der Waals surface area contributed by atoms with Gasteiger partial charge in [-0.2, -0.15) is 11.3 Å². The molecule has 3 aromatic rings. The zero-order chi connectivity index (χ0) is 14.7. The fourth-order valence-corrected chi connectivity index (χ4v) is 4.26. The van der Waals surface area contributed by atoms with E-state index in [1.165, 1.54) is 22.7 Å². The van der Waals surface area contributed by atoms with Gasteiger partial charge in [0.05, 0.1) is 15.7 Å². The Hall–Kier alpha value is -1.56. The van der Waals surface area contributed by atoms with Crippen LogP contribution in [0.3, 0.4) is 0 Å². The molecule has 0 aliphatic rings. The van der Waals surface area contributed by atoms with E-state index in [2.05, 4.69) is 0 Å². The zero-order valence-corrected chi connectivity index (χ0v) is 13.5. The molecule has 106 valence electrons. The molecule has 21 heavy (non-hydrogen) atoms. The molecule has 0 saturated carbocycles. The lowest BCUT2D eigenvalue weighted by Crippen LogP contribution is -2.15. The number of ketones is 2. The first kappa shape index (κ1) is 14.4. The van der Waals surface area contributed by atoms with Gasteiger partial charge >= 0.3 is 0 Å². The average molecular weight is 332 g/mol. The first-order chi connectivity index (χ1) is 10.3. The lowest BCUT2D eigenvalue weighted by Gasteiger charge is -2.12. The minimum absolute atomic E-state index is 0.0334. The number of Topliss-reactive ketones (excluding diaryl/α,β-unsaturated/α-hetero) is 2. The van der Waals surface area contributed by atoms with Crippen molar-refractivity contribution < 1.29 is 9.59 Å². The van der Waals surface area contributed by atoms with Crippen molar-refractivity contribution in [3.8, 4) is 0 Å². The molecule has 0 bridgehead atoms. The molecule has 0 radical (unpaired) electrons. The van der Waals surface area contributed by atoms with Crippen LogP contribution >= 0.6 is 34.0 Å². The Morgan fingerprint density at radius 1 is 0.952 bits per heavy atom. The van der Waals surface area contributed by atoms with Crippen molar-refractivity contribution in [2.45, 2.75) is 12.3 Å². The molecular formula is C16H12O2S3. The molecule has 0 spiro atoms. The van der Waals surface area contributed by atoms with Gasteiger partial charge in [-0.3, -0.25) is 9.59 Å². The molecule has 0 amide bonds. The number of thiophene rings is 3. The standard InChI is InChI=1S/C16H12O2S3/c17-13(14-3-1-6-20-14)9-12(11-5-8-19-10-11)16(18)15-4-2-7-21-15/h1-8,10,12H,9H2/t12-/m0/s1. The highest BCUT2D eigenvalue weighted by Crippen LogP contribution is 2.30. The lowest BCUT2D eigenvalue weighted by molar-refractivity contribution is 0.0898. The van der Waals surface area contributed by atoms with Crippen molar-refractivity contribution in [3.63, 3.8) is 0 Å². The summed E-state index contributed by atoms with van der Waals surface area (Å²) in [5.41, 5.74) is 0.934. The molecule has 2 nitrogen and oxygen atoms in total. The van der Waals surface area contributed by atoms with Crippen LogP contribution in [0.25, 0.3) is 0 Å². The molecule has 5 heteroatoms. The molecule has 3 aromatic heterocycles. The van der Waals surface area contributed by atoms with Crippen LogP contribution in [0.4, 0.5) is 0 Å². The normalized spacial score (nSPS) is 12.2. The molecule has 0 unspecified atom stereocenters. The summed E-state index contributed by atoms with van der Waals surface area (Å²) in [6, 6.07) is 9.29. The van der Waals surface area contributed by atoms with Crippen molar-refractivity contribution in [1.82, 2.24) is 0 Å². The highest BCUT2D eigenvalue weighted by atomic mass is 32.1. The van der Waals surface area contributed by atoms with Gasteiger partial charge in [-0.05, 0) is 45.3 Å². The maximum absolute atomic E-state index is 12.7. The van der Waals surface area contributed by atoms with E-state index in [0.29, 0.717) is 9.75 Å². The Morgan fingerprint density at radius 3 is 2.24 bits per heavy atom. The van der Waals surface area contributed by atoms with Crippen molar-refractivity contribution in [2.75, 3.05) is 0 Å². The number of hydrogen-bond donors (Lipinski definition) is 0. The summed E-state index contributed by atoms with van der Waals surface area (Å²) in [5.74, 6) is -0.316. The fourth-order valence-electron chi connectivity index (χ4n) is 2.15. The minimum Gasteiger partial charge on any atom is -0.293 e. The molecular weight excluding hydrogens is 320 g/mol. The Morgan fingerprint density at radius 2 is 1.67 bits per heavy atom. The van der Waals surface area contributed by atoms with Crippen LogP contribution in [0.2, 0.25) is 0 Å². The van der Waals surface area contributed by atoms with Crippen molar-refractivity contribution >= 4 is 45.6 Å². The highest BCUT2D eigenvalue weighted by Gasteiger charge is 2.26. The monoisotopic (exact) mass is 332 g/mol. The van der Waals surface area contributed by atoms with Crippen LogP contribution in [-0.4, -0.2) is 11.6 Å². The van der Waals surface area contributed by atoms with Crippen LogP contribution in [0.15, 0.2) is 51.9 Å². The van der Waals surface area contributed by atoms with E-state index in [-0.39, 0.29) is 23.9 Å². The van der Waals surface area contributed by atoms with Crippen LogP contribution in [0.1, 0.15) is 37.2 Å². The first-order valence-corrected chi connectivity index (χ1v) is 9.12. The largest absolute Gasteiger partial charge is 0.293 e.